The molecule has 0 bridgehead atoms. The van der Waals surface area contributed by atoms with Crippen molar-refractivity contribution >= 4 is 40.3 Å². The van der Waals surface area contributed by atoms with Gasteiger partial charge in [0.2, 0.25) is 0 Å². The quantitative estimate of drug-likeness (QED) is 0.819. The van der Waals surface area contributed by atoms with Crippen LogP contribution in [0.5, 0.6) is 0 Å². The first-order valence-corrected chi connectivity index (χ1v) is 6.55. The van der Waals surface area contributed by atoms with Gasteiger partial charge in [-0.2, -0.15) is 0 Å². The molecule has 0 spiro atoms. The third-order valence-corrected chi connectivity index (χ3v) is 3.74. The van der Waals surface area contributed by atoms with Crippen LogP contribution in [0.15, 0.2) is 23.3 Å². The number of nitrogens with zero attached hydrogens (tertiary/aromatic N) is 2. The zero-order valence-electron chi connectivity index (χ0n) is 9.31. The third-order valence-electron chi connectivity index (χ3n) is 2.25. The van der Waals surface area contributed by atoms with Crippen LogP contribution in [0.2, 0.25) is 8.67 Å². The largest absolute Gasteiger partial charge is 0.347 e. The molecule has 4 nitrogen and oxygen atoms in total. The number of aryl methyl sites for hydroxylation is 1. The van der Waals surface area contributed by atoms with Gasteiger partial charge in [-0.1, -0.05) is 23.2 Å². The standard InChI is InChI=1S/C11H8Cl2N2O2S/c1-6-3-14-11(17)15(4-6)5-8(16)7-2-9(12)18-10(7)13/h2-4H,5H2,1H3. The van der Waals surface area contributed by atoms with E-state index >= 15 is 0 Å². The average Bonchev–Trinajstić information content (AvgIpc) is 2.63. The van der Waals surface area contributed by atoms with Crippen molar-refractivity contribution in [2.75, 3.05) is 0 Å². The zero-order chi connectivity index (χ0) is 13.3. The number of carbonyl (C=O) groups is 1. The highest BCUT2D eigenvalue weighted by molar-refractivity contribution is 7.20. The summed E-state index contributed by atoms with van der Waals surface area (Å²) in [6, 6.07) is 1.51. The molecular formula is C11H8Cl2N2O2S. The van der Waals surface area contributed by atoms with E-state index in [-0.39, 0.29) is 12.3 Å². The van der Waals surface area contributed by atoms with Crippen LogP contribution < -0.4 is 5.69 Å². The molecule has 0 saturated carbocycles. The summed E-state index contributed by atoms with van der Waals surface area (Å²) < 4.78 is 2.02. The molecule has 0 aromatic carbocycles. The number of halogens is 2. The molecule has 2 heterocycles. The van der Waals surface area contributed by atoms with Crippen molar-refractivity contribution in [1.29, 1.82) is 0 Å². The smallest absolute Gasteiger partial charge is 0.292 e. The Bertz CT molecular complexity index is 663. The Balaban J connectivity index is 2.29. The molecule has 2 aromatic heterocycles. The molecule has 2 rings (SSSR count). The monoisotopic (exact) mass is 302 g/mol. The van der Waals surface area contributed by atoms with Crippen LogP contribution in [-0.2, 0) is 6.54 Å². The van der Waals surface area contributed by atoms with Gasteiger partial charge < -0.3 is 0 Å². The summed E-state index contributed by atoms with van der Waals surface area (Å²) in [5.74, 6) is -0.266. The molecule has 2 aromatic rings. The van der Waals surface area contributed by atoms with Crippen LogP contribution >= 0.6 is 34.5 Å². The highest BCUT2D eigenvalue weighted by Crippen LogP contribution is 2.31. The van der Waals surface area contributed by atoms with Crippen LogP contribution in [0.25, 0.3) is 0 Å². The Hall–Kier alpha value is -1.17. The van der Waals surface area contributed by atoms with E-state index in [0.29, 0.717) is 14.2 Å². The van der Waals surface area contributed by atoms with Gasteiger partial charge in [-0.15, -0.1) is 11.3 Å². The molecule has 0 radical (unpaired) electrons. The van der Waals surface area contributed by atoms with Gasteiger partial charge in [0.1, 0.15) is 4.34 Å². The molecule has 0 aliphatic heterocycles. The van der Waals surface area contributed by atoms with Crippen molar-refractivity contribution in [2.24, 2.45) is 0 Å². The predicted molar refractivity (Wildman–Crippen MR) is 71.9 cm³/mol. The van der Waals surface area contributed by atoms with E-state index in [1.807, 2.05) is 0 Å². The second kappa shape index (κ2) is 5.22. The molecule has 0 unspecified atom stereocenters. The molecule has 0 aliphatic rings. The van der Waals surface area contributed by atoms with Crippen molar-refractivity contribution in [3.8, 4) is 0 Å². The van der Waals surface area contributed by atoms with Crippen molar-refractivity contribution in [3.63, 3.8) is 0 Å². The summed E-state index contributed by atoms with van der Waals surface area (Å²) in [6.07, 6.45) is 3.03. The molecule has 7 heteroatoms. The first-order chi connectivity index (χ1) is 8.47. The summed E-state index contributed by atoms with van der Waals surface area (Å²) >= 11 is 12.8. The van der Waals surface area contributed by atoms with Crippen LogP contribution in [0.1, 0.15) is 15.9 Å². The number of hydrogen-bond acceptors (Lipinski definition) is 4. The van der Waals surface area contributed by atoms with Gasteiger partial charge in [0.05, 0.1) is 16.4 Å². The zero-order valence-corrected chi connectivity index (χ0v) is 11.6. The van der Waals surface area contributed by atoms with Gasteiger partial charge in [-0.05, 0) is 18.6 Å². The molecule has 18 heavy (non-hydrogen) atoms. The molecule has 0 N–H and O–H groups in total. The summed E-state index contributed by atoms with van der Waals surface area (Å²) in [6.45, 7) is 1.70. The molecule has 0 aliphatic carbocycles. The fourth-order valence-corrected chi connectivity index (χ4v) is 2.95. The first kappa shape index (κ1) is 13.3. The number of rotatable bonds is 3. The van der Waals surface area contributed by atoms with E-state index in [2.05, 4.69) is 4.98 Å². The Morgan fingerprint density at radius 3 is 2.83 bits per heavy atom. The number of aromatic nitrogens is 2. The van der Waals surface area contributed by atoms with E-state index in [9.17, 15) is 9.59 Å². The maximum atomic E-state index is 12.0. The van der Waals surface area contributed by atoms with Crippen LogP contribution in [0.4, 0.5) is 0 Å². The summed E-state index contributed by atoms with van der Waals surface area (Å²) in [5.41, 5.74) is 0.670. The lowest BCUT2D eigenvalue weighted by molar-refractivity contribution is 0.0971. The summed E-state index contributed by atoms with van der Waals surface area (Å²) in [4.78, 5) is 27.1. The van der Waals surface area contributed by atoms with Crippen molar-refractivity contribution < 1.29 is 4.79 Å². The SMILES string of the molecule is Cc1cnc(=O)n(CC(=O)c2cc(Cl)sc2Cl)c1. The molecular weight excluding hydrogens is 295 g/mol. The third kappa shape index (κ3) is 2.80. The summed E-state index contributed by atoms with van der Waals surface area (Å²) in [5, 5.41) is 0. The fraction of sp³-hybridized carbons (Fsp3) is 0.182. The molecule has 94 valence electrons. The Morgan fingerprint density at radius 2 is 2.22 bits per heavy atom. The Morgan fingerprint density at radius 1 is 1.50 bits per heavy atom. The lowest BCUT2D eigenvalue weighted by atomic mass is 10.2. The molecule has 0 saturated heterocycles. The van der Waals surface area contributed by atoms with Gasteiger partial charge in [0.15, 0.2) is 5.78 Å². The van der Waals surface area contributed by atoms with Crippen LogP contribution in [0.3, 0.4) is 0 Å². The normalized spacial score (nSPS) is 10.6. The topological polar surface area (TPSA) is 52.0 Å². The average molecular weight is 303 g/mol. The Labute approximate surface area is 117 Å². The number of carbonyl (C=O) groups excluding carboxylic acids is 1. The minimum atomic E-state index is -0.466. The number of ketones is 1. The first-order valence-electron chi connectivity index (χ1n) is 4.98. The van der Waals surface area contributed by atoms with Gasteiger partial charge in [-0.25, -0.2) is 9.78 Å². The number of Topliss-reactive ketones (excluding diaryl/α,β-unsaturated/α-hetero) is 1. The predicted octanol–water partition coefficient (Wildman–Crippen LogP) is 2.80. The van der Waals surface area contributed by atoms with Gasteiger partial charge in [0, 0.05) is 12.4 Å². The fourth-order valence-electron chi connectivity index (χ4n) is 1.45. The number of hydrogen-bond donors (Lipinski definition) is 0. The minimum absolute atomic E-state index is 0.0969. The van der Waals surface area contributed by atoms with Gasteiger partial charge in [-0.3, -0.25) is 9.36 Å². The van der Waals surface area contributed by atoms with Crippen molar-refractivity contribution in [2.45, 2.75) is 13.5 Å². The highest BCUT2D eigenvalue weighted by Gasteiger charge is 2.15. The maximum absolute atomic E-state index is 12.0. The second-order valence-electron chi connectivity index (χ2n) is 3.70. The van der Waals surface area contributed by atoms with Crippen LogP contribution in [-0.4, -0.2) is 15.3 Å². The Kier molecular flexibility index (Phi) is 3.85. The number of thiophene rings is 1. The van der Waals surface area contributed by atoms with Gasteiger partial charge >= 0.3 is 5.69 Å². The van der Waals surface area contributed by atoms with E-state index < -0.39 is 5.69 Å². The van der Waals surface area contributed by atoms with E-state index in [4.69, 9.17) is 23.2 Å². The molecule has 0 amide bonds. The molecule has 0 atom stereocenters. The lowest BCUT2D eigenvalue weighted by Gasteiger charge is -2.04. The molecule has 0 fully saturated rings. The maximum Gasteiger partial charge on any atom is 0.347 e. The van der Waals surface area contributed by atoms with Crippen molar-refractivity contribution in [1.82, 2.24) is 9.55 Å². The van der Waals surface area contributed by atoms with Crippen molar-refractivity contribution in [3.05, 3.63) is 48.7 Å². The van der Waals surface area contributed by atoms with Crippen LogP contribution in [0, 0.1) is 6.92 Å². The minimum Gasteiger partial charge on any atom is -0.292 e. The second-order valence-corrected chi connectivity index (χ2v) is 5.99. The summed E-state index contributed by atoms with van der Waals surface area (Å²) in [7, 11) is 0. The van der Waals surface area contributed by atoms with E-state index in [1.165, 1.54) is 16.8 Å². The van der Waals surface area contributed by atoms with E-state index in [1.54, 1.807) is 13.1 Å². The lowest BCUT2D eigenvalue weighted by Crippen LogP contribution is -2.26. The van der Waals surface area contributed by atoms with Gasteiger partial charge in [0.25, 0.3) is 0 Å². The van der Waals surface area contributed by atoms with E-state index in [0.717, 1.165) is 16.9 Å². The highest BCUT2D eigenvalue weighted by atomic mass is 35.5.